The van der Waals surface area contributed by atoms with Gasteiger partial charge < -0.3 is 14.8 Å². The lowest BCUT2D eigenvalue weighted by Gasteiger charge is -2.17. The van der Waals surface area contributed by atoms with Crippen LogP contribution in [0.1, 0.15) is 58.9 Å². The Bertz CT molecular complexity index is 435. The summed E-state index contributed by atoms with van der Waals surface area (Å²) in [7, 11) is 0. The van der Waals surface area contributed by atoms with Crippen molar-refractivity contribution in [3.63, 3.8) is 0 Å². The Kier molecular flexibility index (Phi) is 9.33. The quantitative estimate of drug-likeness (QED) is 0.567. The largest absolute Gasteiger partial charge is 0.490 e. The van der Waals surface area contributed by atoms with Crippen LogP contribution in [0.25, 0.3) is 0 Å². The summed E-state index contributed by atoms with van der Waals surface area (Å²) in [6.07, 6.45) is 5.15. The average molecular weight is 328 g/mol. The molecule has 1 N–H and O–H groups in total. The first-order valence-electron chi connectivity index (χ1n) is 8.41. The van der Waals surface area contributed by atoms with Crippen LogP contribution in [-0.4, -0.2) is 19.3 Å². The number of nitrogens with one attached hydrogen (secondary N) is 1. The summed E-state index contributed by atoms with van der Waals surface area (Å²) in [5, 5.41) is 4.08. The molecule has 0 spiro atoms. The van der Waals surface area contributed by atoms with Gasteiger partial charge in [0.15, 0.2) is 11.5 Å². The highest BCUT2D eigenvalue weighted by Crippen LogP contribution is 2.37. The number of hydrogen-bond acceptors (Lipinski definition) is 3. The predicted molar refractivity (Wildman–Crippen MR) is 94.2 cm³/mol. The molecule has 1 aromatic rings. The Morgan fingerprint density at radius 3 is 2.55 bits per heavy atom. The van der Waals surface area contributed by atoms with E-state index >= 15 is 0 Å². The molecule has 0 bridgehead atoms. The molecule has 0 aliphatic heterocycles. The van der Waals surface area contributed by atoms with Gasteiger partial charge in [-0.05, 0) is 51.4 Å². The van der Waals surface area contributed by atoms with Gasteiger partial charge >= 0.3 is 0 Å². The molecule has 0 unspecified atom stereocenters. The number of hydrogen-bond donors (Lipinski definition) is 1. The first kappa shape index (κ1) is 19.1. The van der Waals surface area contributed by atoms with Crippen LogP contribution in [0.5, 0.6) is 11.5 Å². The monoisotopic (exact) mass is 327 g/mol. The van der Waals surface area contributed by atoms with Crippen molar-refractivity contribution < 1.29 is 9.47 Å². The van der Waals surface area contributed by atoms with Gasteiger partial charge in [0.2, 0.25) is 0 Å². The van der Waals surface area contributed by atoms with Gasteiger partial charge in [0.05, 0.1) is 17.7 Å². The maximum absolute atomic E-state index is 6.36. The van der Waals surface area contributed by atoms with E-state index in [1.54, 1.807) is 0 Å². The first-order valence-corrected chi connectivity index (χ1v) is 8.78. The van der Waals surface area contributed by atoms with E-state index in [0.717, 1.165) is 24.4 Å². The second-order valence-electron chi connectivity index (χ2n) is 5.74. The summed E-state index contributed by atoms with van der Waals surface area (Å²) in [4.78, 5) is 0. The molecule has 0 saturated heterocycles. The summed E-state index contributed by atoms with van der Waals surface area (Å²) in [5.74, 6) is 1.37. The van der Waals surface area contributed by atoms with Crippen molar-refractivity contribution in [3.05, 3.63) is 22.7 Å². The van der Waals surface area contributed by atoms with Crippen LogP contribution in [0.3, 0.4) is 0 Å². The molecule has 0 heterocycles. The Morgan fingerprint density at radius 2 is 1.91 bits per heavy atom. The molecule has 22 heavy (non-hydrogen) atoms. The fourth-order valence-electron chi connectivity index (χ4n) is 2.25. The van der Waals surface area contributed by atoms with E-state index in [0.29, 0.717) is 17.4 Å². The minimum absolute atomic E-state index is 0.0687. The fraction of sp³-hybridized carbons (Fsp3) is 0.667. The molecule has 0 saturated carbocycles. The van der Waals surface area contributed by atoms with Crippen LogP contribution < -0.4 is 14.8 Å². The van der Waals surface area contributed by atoms with E-state index in [1.165, 1.54) is 25.7 Å². The van der Waals surface area contributed by atoms with Gasteiger partial charge in [-0.2, -0.15) is 0 Å². The lowest BCUT2D eigenvalue weighted by Crippen LogP contribution is -2.15. The maximum Gasteiger partial charge on any atom is 0.180 e. The van der Waals surface area contributed by atoms with E-state index in [-0.39, 0.29) is 6.10 Å². The highest BCUT2D eigenvalue weighted by Gasteiger charge is 2.13. The van der Waals surface area contributed by atoms with Gasteiger partial charge in [0.1, 0.15) is 0 Å². The standard InChI is InChI=1S/C18H30ClNO2/c1-5-7-8-9-10-20-13-15-11-16(19)18(22-14(3)4)17(12-15)21-6-2/h11-12,14,20H,5-10,13H2,1-4H3. The van der Waals surface area contributed by atoms with Crippen molar-refractivity contribution >= 4 is 11.6 Å². The number of benzene rings is 1. The lowest BCUT2D eigenvalue weighted by atomic mass is 10.1. The third-order valence-electron chi connectivity index (χ3n) is 3.26. The van der Waals surface area contributed by atoms with Crippen LogP contribution in [0.4, 0.5) is 0 Å². The summed E-state index contributed by atoms with van der Waals surface area (Å²) in [6.45, 7) is 10.6. The van der Waals surface area contributed by atoms with Crippen LogP contribution in [0.15, 0.2) is 12.1 Å². The van der Waals surface area contributed by atoms with E-state index in [2.05, 4.69) is 12.2 Å². The lowest BCUT2D eigenvalue weighted by molar-refractivity contribution is 0.224. The molecular weight excluding hydrogens is 298 g/mol. The van der Waals surface area contributed by atoms with Crippen molar-refractivity contribution in [2.45, 2.75) is 66.0 Å². The number of rotatable bonds is 11. The molecule has 1 aromatic carbocycles. The van der Waals surface area contributed by atoms with Crippen molar-refractivity contribution in [3.8, 4) is 11.5 Å². The smallest absolute Gasteiger partial charge is 0.180 e. The van der Waals surface area contributed by atoms with Crippen LogP contribution in [-0.2, 0) is 6.54 Å². The minimum atomic E-state index is 0.0687. The zero-order chi connectivity index (χ0) is 16.4. The predicted octanol–water partition coefficient (Wildman–Crippen LogP) is 5.20. The van der Waals surface area contributed by atoms with Crippen LogP contribution >= 0.6 is 11.6 Å². The van der Waals surface area contributed by atoms with Gasteiger partial charge in [-0.25, -0.2) is 0 Å². The normalized spacial score (nSPS) is 11.0. The summed E-state index contributed by atoms with van der Waals surface area (Å²) in [5.41, 5.74) is 1.13. The molecule has 0 radical (unpaired) electrons. The maximum atomic E-state index is 6.36. The topological polar surface area (TPSA) is 30.5 Å². The van der Waals surface area contributed by atoms with Gasteiger partial charge in [-0.3, -0.25) is 0 Å². The molecule has 0 aromatic heterocycles. The highest BCUT2D eigenvalue weighted by molar-refractivity contribution is 6.32. The summed E-state index contributed by atoms with van der Waals surface area (Å²) < 4.78 is 11.5. The molecule has 1 rings (SSSR count). The SMILES string of the molecule is CCCCCCNCc1cc(Cl)c(OC(C)C)c(OCC)c1. The summed E-state index contributed by atoms with van der Waals surface area (Å²) in [6, 6.07) is 3.98. The van der Waals surface area contributed by atoms with Gasteiger partial charge in [0.25, 0.3) is 0 Å². The molecular formula is C18H30ClNO2. The van der Waals surface area contributed by atoms with Crippen molar-refractivity contribution in [1.29, 1.82) is 0 Å². The van der Waals surface area contributed by atoms with Crippen molar-refractivity contribution in [2.24, 2.45) is 0 Å². The number of unbranched alkanes of at least 4 members (excludes halogenated alkanes) is 3. The van der Waals surface area contributed by atoms with E-state index in [4.69, 9.17) is 21.1 Å². The summed E-state index contributed by atoms with van der Waals surface area (Å²) >= 11 is 6.36. The molecule has 3 nitrogen and oxygen atoms in total. The average Bonchev–Trinajstić information content (AvgIpc) is 2.46. The minimum Gasteiger partial charge on any atom is -0.490 e. The van der Waals surface area contributed by atoms with E-state index in [1.807, 2.05) is 32.9 Å². The van der Waals surface area contributed by atoms with E-state index < -0.39 is 0 Å². The Morgan fingerprint density at radius 1 is 1.14 bits per heavy atom. The van der Waals surface area contributed by atoms with Gasteiger partial charge in [0, 0.05) is 6.54 Å². The Labute approximate surface area is 140 Å². The first-order chi connectivity index (χ1) is 10.6. The molecule has 0 amide bonds. The van der Waals surface area contributed by atoms with Gasteiger partial charge in [-0.15, -0.1) is 0 Å². The second-order valence-corrected chi connectivity index (χ2v) is 6.15. The van der Waals surface area contributed by atoms with Gasteiger partial charge in [-0.1, -0.05) is 37.8 Å². The van der Waals surface area contributed by atoms with Crippen molar-refractivity contribution in [2.75, 3.05) is 13.2 Å². The Hall–Kier alpha value is -0.930. The highest BCUT2D eigenvalue weighted by atomic mass is 35.5. The molecule has 0 aliphatic carbocycles. The van der Waals surface area contributed by atoms with Crippen LogP contribution in [0.2, 0.25) is 5.02 Å². The molecule has 0 fully saturated rings. The molecule has 126 valence electrons. The van der Waals surface area contributed by atoms with Crippen LogP contribution in [0, 0.1) is 0 Å². The molecule has 0 atom stereocenters. The molecule has 4 heteroatoms. The second kappa shape index (κ2) is 10.7. The fourth-order valence-corrected chi connectivity index (χ4v) is 2.52. The Balaban J connectivity index is 2.64. The number of ether oxygens (including phenoxy) is 2. The van der Waals surface area contributed by atoms with Crippen molar-refractivity contribution in [1.82, 2.24) is 5.32 Å². The van der Waals surface area contributed by atoms with E-state index in [9.17, 15) is 0 Å². The molecule has 0 aliphatic rings. The third kappa shape index (κ3) is 6.89. The zero-order valence-electron chi connectivity index (χ0n) is 14.4. The third-order valence-corrected chi connectivity index (χ3v) is 3.54. The zero-order valence-corrected chi connectivity index (χ0v) is 15.1. The number of halogens is 1.